The van der Waals surface area contributed by atoms with E-state index in [4.69, 9.17) is 16.7 Å². The Morgan fingerprint density at radius 1 is 1.47 bits per heavy atom. The van der Waals surface area contributed by atoms with Crippen LogP contribution in [0, 0.1) is 0 Å². The minimum Gasteiger partial charge on any atom is -0.396 e. The lowest BCUT2D eigenvalue weighted by atomic mass is 10.3. The van der Waals surface area contributed by atoms with E-state index in [0.717, 1.165) is 5.52 Å². The highest BCUT2D eigenvalue weighted by Gasteiger charge is 2.08. The Hall–Kier alpha value is -1.26. The lowest BCUT2D eigenvalue weighted by Gasteiger charge is -2.02. The van der Waals surface area contributed by atoms with E-state index in [1.165, 1.54) is 0 Å². The molecule has 0 saturated heterocycles. The average Bonchev–Trinajstić information content (AvgIpc) is 2.53. The summed E-state index contributed by atoms with van der Waals surface area (Å²) in [6.07, 6.45) is 0.540. The number of aliphatic hydroxyl groups excluding tert-OH is 1. The number of aliphatic hydroxyl groups is 1. The van der Waals surface area contributed by atoms with Gasteiger partial charge in [0, 0.05) is 13.2 Å². The van der Waals surface area contributed by atoms with Gasteiger partial charge in [0.15, 0.2) is 0 Å². The first-order chi connectivity index (χ1) is 7.24. The first-order valence-corrected chi connectivity index (χ1v) is 5.09. The molecule has 0 fully saturated rings. The van der Waals surface area contributed by atoms with Gasteiger partial charge in [0.1, 0.15) is 0 Å². The van der Waals surface area contributed by atoms with Crippen LogP contribution in [0.4, 0.5) is 0 Å². The fourth-order valence-corrected chi connectivity index (χ4v) is 1.89. The zero-order valence-electron chi connectivity index (χ0n) is 8.03. The maximum Gasteiger partial charge on any atom is 0.326 e. The summed E-state index contributed by atoms with van der Waals surface area (Å²) in [5.74, 6) is 0. The topological polar surface area (TPSA) is 58.0 Å². The van der Waals surface area contributed by atoms with E-state index >= 15 is 0 Å². The number of hydrogen-bond acceptors (Lipinski definition) is 2. The number of aryl methyl sites for hydroxylation is 1. The molecule has 0 amide bonds. The predicted molar refractivity (Wildman–Crippen MR) is 59.3 cm³/mol. The number of para-hydroxylation sites is 1. The van der Waals surface area contributed by atoms with Crippen molar-refractivity contribution in [2.45, 2.75) is 13.0 Å². The summed E-state index contributed by atoms with van der Waals surface area (Å²) in [5, 5.41) is 9.28. The van der Waals surface area contributed by atoms with E-state index in [0.29, 0.717) is 23.5 Å². The van der Waals surface area contributed by atoms with Gasteiger partial charge in [0.05, 0.1) is 16.1 Å². The van der Waals surface area contributed by atoms with Crippen LogP contribution < -0.4 is 5.69 Å². The van der Waals surface area contributed by atoms with Crippen LogP contribution in [0.2, 0.25) is 5.02 Å². The van der Waals surface area contributed by atoms with Crippen molar-refractivity contribution >= 4 is 22.6 Å². The van der Waals surface area contributed by atoms with Crippen molar-refractivity contribution in [2.24, 2.45) is 0 Å². The standard InChI is InChI=1S/C10H11ClN2O2/c11-7-3-1-4-8-9(7)13(5-2-6-14)10(15)12-8/h1,3-4,14H,2,5-6H2,(H,12,15). The molecule has 0 atom stereocenters. The Morgan fingerprint density at radius 2 is 2.27 bits per heavy atom. The third-order valence-electron chi connectivity index (χ3n) is 2.28. The van der Waals surface area contributed by atoms with Crippen LogP contribution in [-0.2, 0) is 6.54 Å². The molecule has 0 radical (unpaired) electrons. The summed E-state index contributed by atoms with van der Waals surface area (Å²) in [6.45, 7) is 0.530. The molecule has 0 aliphatic rings. The lowest BCUT2D eigenvalue weighted by Crippen LogP contribution is -2.17. The molecular formula is C10H11ClN2O2. The Bertz CT molecular complexity index is 530. The van der Waals surface area contributed by atoms with Gasteiger partial charge in [-0.25, -0.2) is 4.79 Å². The number of nitrogens with zero attached hydrogens (tertiary/aromatic N) is 1. The van der Waals surface area contributed by atoms with Crippen molar-refractivity contribution < 1.29 is 5.11 Å². The molecule has 2 rings (SSSR count). The number of aromatic amines is 1. The molecule has 4 nitrogen and oxygen atoms in total. The molecule has 2 aromatic rings. The molecule has 5 heteroatoms. The van der Waals surface area contributed by atoms with E-state index in [9.17, 15) is 4.79 Å². The van der Waals surface area contributed by atoms with Crippen LogP contribution >= 0.6 is 11.6 Å². The minimum atomic E-state index is -0.188. The van der Waals surface area contributed by atoms with E-state index in [-0.39, 0.29) is 12.3 Å². The van der Waals surface area contributed by atoms with Gasteiger partial charge in [-0.1, -0.05) is 17.7 Å². The van der Waals surface area contributed by atoms with Crippen LogP contribution in [0.15, 0.2) is 23.0 Å². The lowest BCUT2D eigenvalue weighted by molar-refractivity contribution is 0.280. The zero-order chi connectivity index (χ0) is 10.8. The van der Waals surface area contributed by atoms with E-state index in [1.54, 1.807) is 22.8 Å². The van der Waals surface area contributed by atoms with Crippen LogP contribution in [0.3, 0.4) is 0 Å². The third kappa shape index (κ3) is 1.78. The maximum atomic E-state index is 11.6. The van der Waals surface area contributed by atoms with Crippen molar-refractivity contribution in [3.63, 3.8) is 0 Å². The van der Waals surface area contributed by atoms with Crippen molar-refractivity contribution in [3.05, 3.63) is 33.7 Å². The van der Waals surface area contributed by atoms with Crippen LogP contribution in [-0.4, -0.2) is 21.3 Å². The van der Waals surface area contributed by atoms with Crippen LogP contribution in [0.5, 0.6) is 0 Å². The molecule has 1 aromatic carbocycles. The number of imidazole rings is 1. The normalized spacial score (nSPS) is 11.1. The number of rotatable bonds is 3. The number of halogens is 1. The average molecular weight is 227 g/mol. The van der Waals surface area contributed by atoms with Gasteiger partial charge in [-0.05, 0) is 18.6 Å². The van der Waals surface area contributed by atoms with Crippen molar-refractivity contribution in [1.29, 1.82) is 0 Å². The second kappa shape index (κ2) is 4.08. The third-order valence-corrected chi connectivity index (χ3v) is 2.59. The number of benzene rings is 1. The molecule has 0 saturated carbocycles. The summed E-state index contributed by atoms with van der Waals surface area (Å²) in [6, 6.07) is 5.33. The quantitative estimate of drug-likeness (QED) is 0.831. The Labute approximate surface area is 91.1 Å². The number of hydrogen-bond donors (Lipinski definition) is 2. The Kier molecular flexibility index (Phi) is 2.79. The van der Waals surface area contributed by atoms with Gasteiger partial charge in [-0.3, -0.25) is 4.57 Å². The van der Waals surface area contributed by atoms with Crippen LogP contribution in [0.1, 0.15) is 6.42 Å². The van der Waals surface area contributed by atoms with Gasteiger partial charge in [-0.15, -0.1) is 0 Å². The molecule has 15 heavy (non-hydrogen) atoms. The van der Waals surface area contributed by atoms with E-state index in [1.807, 2.05) is 0 Å². The van der Waals surface area contributed by atoms with Gasteiger partial charge in [0.2, 0.25) is 0 Å². The van der Waals surface area contributed by atoms with Gasteiger partial charge < -0.3 is 10.1 Å². The van der Waals surface area contributed by atoms with Gasteiger partial charge in [-0.2, -0.15) is 0 Å². The summed E-state index contributed by atoms with van der Waals surface area (Å²) in [4.78, 5) is 14.3. The predicted octanol–water partition coefficient (Wildman–Crippen LogP) is 1.37. The number of fused-ring (bicyclic) bond motifs is 1. The first kappa shape index (κ1) is 10.3. The molecule has 0 spiro atoms. The smallest absolute Gasteiger partial charge is 0.326 e. The molecule has 1 aromatic heterocycles. The molecule has 80 valence electrons. The SMILES string of the molecule is O=c1[nH]c2cccc(Cl)c2n1CCCO. The Balaban J connectivity index is 2.61. The molecular weight excluding hydrogens is 216 g/mol. The maximum absolute atomic E-state index is 11.6. The van der Waals surface area contributed by atoms with E-state index < -0.39 is 0 Å². The van der Waals surface area contributed by atoms with Crippen molar-refractivity contribution in [3.8, 4) is 0 Å². The Morgan fingerprint density at radius 3 is 3.00 bits per heavy atom. The van der Waals surface area contributed by atoms with Gasteiger partial charge in [0.25, 0.3) is 0 Å². The van der Waals surface area contributed by atoms with Crippen molar-refractivity contribution in [1.82, 2.24) is 9.55 Å². The number of aromatic nitrogens is 2. The number of nitrogens with one attached hydrogen (secondary N) is 1. The van der Waals surface area contributed by atoms with E-state index in [2.05, 4.69) is 4.98 Å². The minimum absolute atomic E-state index is 0.0591. The highest BCUT2D eigenvalue weighted by atomic mass is 35.5. The van der Waals surface area contributed by atoms with Gasteiger partial charge >= 0.3 is 5.69 Å². The molecule has 0 bridgehead atoms. The molecule has 0 aliphatic carbocycles. The fourth-order valence-electron chi connectivity index (χ4n) is 1.62. The first-order valence-electron chi connectivity index (χ1n) is 4.72. The largest absolute Gasteiger partial charge is 0.396 e. The highest BCUT2D eigenvalue weighted by Crippen LogP contribution is 2.20. The molecule has 0 aliphatic heterocycles. The van der Waals surface area contributed by atoms with Crippen molar-refractivity contribution in [2.75, 3.05) is 6.61 Å². The molecule has 1 heterocycles. The second-order valence-corrected chi connectivity index (χ2v) is 3.70. The zero-order valence-corrected chi connectivity index (χ0v) is 8.79. The fraction of sp³-hybridized carbons (Fsp3) is 0.300. The van der Waals surface area contributed by atoms with Crippen LogP contribution in [0.25, 0.3) is 11.0 Å². The summed E-state index contributed by atoms with van der Waals surface area (Å²) < 4.78 is 1.55. The monoisotopic (exact) mass is 226 g/mol. The summed E-state index contributed by atoms with van der Waals surface area (Å²) in [5.41, 5.74) is 1.25. The molecule has 0 unspecified atom stereocenters. The number of H-pyrrole nitrogens is 1. The summed E-state index contributed by atoms with van der Waals surface area (Å²) in [7, 11) is 0. The molecule has 2 N–H and O–H groups in total. The summed E-state index contributed by atoms with van der Waals surface area (Å²) >= 11 is 6.01. The highest BCUT2D eigenvalue weighted by molar-refractivity contribution is 6.34. The second-order valence-electron chi connectivity index (χ2n) is 3.29.